The Hall–Kier alpha value is -14.6. The number of nitrogens with zero attached hydrogens (tertiary/aromatic N) is 11. The van der Waals surface area contributed by atoms with Crippen molar-refractivity contribution < 1.29 is 61.6 Å². The van der Waals surface area contributed by atoms with Crippen LogP contribution >= 0.6 is 23.2 Å². The molecule has 9 aromatic carbocycles. The fraction of sp³-hybridized carbons (Fsp3) is 0.190. The SMILES string of the molecule is O=C(Nc1ccc(Cl)c(-c2ccc3cnccc3n2)c1)c1ccc(N2CCCCCS2(=O)=O)cc1F.O=C(Nc1ccc(Cl)c(-c2nccc3ncccc23)c1)c1ccc(N2CCCCCS2(=O)=O)cc1F.O=C(Nc1cccc(-c2ccc3ncccc3n2)c1)c1ccc(N2CCCCCS2(=O)=O)cc1.O=C(Nc1cccc(-c2nccc3ccccc23)c1)c1ccc(N2CCCCCS2(=O)=O)cc1. The number of carbonyl (C=O) groups is 4. The predicted molar refractivity (Wildman–Crippen MR) is 550 cm³/mol. The van der Waals surface area contributed by atoms with Crippen molar-refractivity contribution in [2.24, 2.45) is 0 Å². The third-order valence-corrected chi connectivity index (χ3v) is 32.3. The molecule has 0 atom stereocenters. The molecule has 0 unspecified atom stereocenters. The summed E-state index contributed by atoms with van der Waals surface area (Å²) in [6, 6.07) is 74.7. The van der Waals surface area contributed by atoms with Crippen molar-refractivity contribution in [3.63, 3.8) is 0 Å². The van der Waals surface area contributed by atoms with Gasteiger partial charge in [-0.05, 0) is 269 Å². The Balaban J connectivity index is 0.000000129. The van der Waals surface area contributed by atoms with E-state index in [1.807, 2.05) is 121 Å². The van der Waals surface area contributed by atoms with Crippen LogP contribution in [0.15, 0.2) is 298 Å². The van der Waals surface area contributed by atoms with Crippen molar-refractivity contribution >= 4 is 176 Å². The monoisotopic (exact) mass is 1990 g/mol. The molecule has 35 heteroatoms. The lowest BCUT2D eigenvalue weighted by molar-refractivity contribution is 0.101. The van der Waals surface area contributed by atoms with E-state index in [9.17, 15) is 61.6 Å². The number of aromatic nitrogens is 7. The van der Waals surface area contributed by atoms with Crippen molar-refractivity contribution in [3.05, 3.63) is 342 Å². The molecule has 20 rings (SSSR count). The molecule has 0 aliphatic carbocycles. The molecule has 0 saturated carbocycles. The maximum absolute atomic E-state index is 15.0. The van der Waals surface area contributed by atoms with Crippen molar-refractivity contribution in [1.29, 1.82) is 0 Å². The fourth-order valence-electron chi connectivity index (χ4n) is 17.0. The third-order valence-electron chi connectivity index (χ3n) is 24.1. The molecule has 0 spiro atoms. The lowest BCUT2D eigenvalue weighted by Crippen LogP contribution is -2.32. The first kappa shape index (κ1) is 97.1. The molecule has 4 aliphatic heterocycles. The number of benzene rings is 9. The average Bonchev–Trinajstić information content (AvgIpc) is 0.827. The number of amides is 4. The number of sulfonamides is 4. The van der Waals surface area contributed by atoms with Gasteiger partial charge in [-0.25, -0.2) is 52.4 Å². The highest BCUT2D eigenvalue weighted by molar-refractivity contribution is 7.93. The van der Waals surface area contributed by atoms with Crippen molar-refractivity contribution in [3.8, 4) is 45.0 Å². The standard InChI is InChI=1S/C27H25N3O3S.2C26H22ClFN4O3S.C26H24N4O3S/c31-27(21-11-13-24(14-12-21)30-17-4-1-5-18-34(30,32)33)29-23-9-6-8-22(19-23)26-25-10-3-2-7-20(25)15-16-28-26;27-22-8-5-18(14-21(22)25-9-4-17-16-29-11-10-24(17)31-25)30-26(33)20-7-6-19(15-23(20)28)32-12-2-1-3-13-36(32,34)35;27-22-9-6-17(15-21(22)25-20-5-4-11-29-24(20)10-12-30-25)31-26(33)19-8-7-18(16-23(19)28)32-13-2-1-3-14-36(32,34)35;31-26(19-9-11-22(12-10-19)30-16-2-1-3-17-34(30,32)33)28-21-7-4-6-20(18-21)23-13-14-24-25(29-23)8-5-15-27-24/h2-3,6-16,19H,1,4-5,17-18H2,(H,29,31);4-11,14-16H,1-3,12-13H2,(H,30,33);4-12,15-16H,1-3,13-14H2,(H,31,33);4-15,18H,1-3,16-17H2,(H,28,31). The highest BCUT2D eigenvalue weighted by Gasteiger charge is 2.31. The van der Waals surface area contributed by atoms with Crippen molar-refractivity contribution in [2.75, 3.05) is 87.7 Å². The quantitative estimate of drug-likeness (QED) is 0.0698. The summed E-state index contributed by atoms with van der Waals surface area (Å²) in [5.74, 6) is -3.08. The molecular weight excluding hydrogens is 1900 g/mol. The molecule has 712 valence electrons. The lowest BCUT2D eigenvalue weighted by Gasteiger charge is -2.22. The second-order valence-electron chi connectivity index (χ2n) is 33.7. The van der Waals surface area contributed by atoms with Gasteiger partial charge in [-0.15, -0.1) is 0 Å². The minimum atomic E-state index is -3.52. The van der Waals surface area contributed by atoms with Gasteiger partial charge in [0.05, 0.1) is 112 Å². The molecule has 4 N–H and O–H groups in total. The first-order valence-corrected chi connectivity index (χ1v) is 52.7. The average molecular weight is 1990 g/mol. The van der Waals surface area contributed by atoms with Gasteiger partial charge >= 0.3 is 0 Å². The van der Waals surface area contributed by atoms with Crippen LogP contribution in [0, 0.1) is 11.6 Å². The van der Waals surface area contributed by atoms with E-state index in [2.05, 4.69) is 56.2 Å². The fourth-order valence-corrected chi connectivity index (χ4v) is 23.9. The van der Waals surface area contributed by atoms with Gasteiger partial charge in [-0.2, -0.15) is 0 Å². The van der Waals surface area contributed by atoms with Gasteiger partial charge in [0, 0.05) is 136 Å². The summed E-state index contributed by atoms with van der Waals surface area (Å²) in [7, 11) is -13.7. The van der Waals surface area contributed by atoms with Crippen LogP contribution in [0.2, 0.25) is 10.0 Å². The summed E-state index contributed by atoms with van der Waals surface area (Å²) in [6.07, 6.45) is 19.2. The van der Waals surface area contributed by atoms with Crippen LogP contribution in [0.3, 0.4) is 0 Å². The predicted octanol–water partition coefficient (Wildman–Crippen LogP) is 21.7. The van der Waals surface area contributed by atoms with E-state index in [1.54, 1.807) is 140 Å². The molecule has 7 aromatic heterocycles. The molecule has 4 saturated heterocycles. The number of pyridine rings is 7. The maximum atomic E-state index is 15.0. The van der Waals surface area contributed by atoms with Gasteiger partial charge in [0.15, 0.2) is 0 Å². The Kier molecular flexibility index (Phi) is 29.9. The number of fused-ring (bicyclic) bond motifs is 4. The molecular formula is C105H93Cl2F2N15O12S4. The normalized spacial score (nSPS) is 15.5. The van der Waals surface area contributed by atoms with Crippen LogP contribution in [-0.4, -0.2) is 141 Å². The van der Waals surface area contributed by atoms with Gasteiger partial charge < -0.3 is 21.3 Å². The van der Waals surface area contributed by atoms with Crippen LogP contribution in [0.4, 0.5) is 54.3 Å². The first-order valence-electron chi connectivity index (χ1n) is 45.5. The van der Waals surface area contributed by atoms with Crippen LogP contribution in [-0.2, 0) is 40.1 Å². The van der Waals surface area contributed by atoms with E-state index >= 15 is 0 Å². The molecule has 27 nitrogen and oxygen atoms in total. The number of hydrogen-bond donors (Lipinski definition) is 4. The van der Waals surface area contributed by atoms with Crippen LogP contribution in [0.1, 0.15) is 118 Å². The molecule has 0 radical (unpaired) electrons. The minimum absolute atomic E-state index is 0.0252. The van der Waals surface area contributed by atoms with E-state index in [4.69, 9.17) is 23.2 Å². The summed E-state index contributed by atoms with van der Waals surface area (Å²) in [5.41, 5.74) is 13.3. The van der Waals surface area contributed by atoms with Gasteiger partial charge in [0.2, 0.25) is 40.1 Å². The summed E-state index contributed by atoms with van der Waals surface area (Å²) >= 11 is 12.9. The number of rotatable bonds is 16. The number of halogens is 4. The second kappa shape index (κ2) is 43.2. The van der Waals surface area contributed by atoms with Crippen LogP contribution < -0.4 is 38.5 Å². The van der Waals surface area contributed by atoms with E-state index in [-0.39, 0.29) is 57.3 Å². The summed E-state index contributed by atoms with van der Waals surface area (Å²) in [4.78, 5) is 82.5. The Labute approximate surface area is 818 Å². The molecule has 4 fully saturated rings. The zero-order valence-electron chi connectivity index (χ0n) is 75.4. The van der Waals surface area contributed by atoms with Gasteiger partial charge in [-0.3, -0.25) is 61.3 Å². The molecule has 140 heavy (non-hydrogen) atoms. The topological polar surface area (TPSA) is 356 Å². The zero-order chi connectivity index (χ0) is 97.7. The molecule has 16 aromatic rings. The zero-order valence-corrected chi connectivity index (χ0v) is 80.2. The Morgan fingerprint density at radius 2 is 0.750 bits per heavy atom. The van der Waals surface area contributed by atoms with Crippen molar-refractivity contribution in [2.45, 2.75) is 77.0 Å². The maximum Gasteiger partial charge on any atom is 0.258 e. The summed E-state index contributed by atoms with van der Waals surface area (Å²) in [6.45, 7) is 1.53. The van der Waals surface area contributed by atoms with E-state index in [0.29, 0.717) is 143 Å². The van der Waals surface area contributed by atoms with Crippen LogP contribution in [0.5, 0.6) is 0 Å². The van der Waals surface area contributed by atoms with E-state index in [0.717, 1.165) is 117 Å². The third kappa shape index (κ3) is 23.0. The van der Waals surface area contributed by atoms with E-state index < -0.39 is 63.5 Å². The summed E-state index contributed by atoms with van der Waals surface area (Å²) in [5, 5.41) is 16.0. The molecule has 4 amide bonds. The number of nitrogens with one attached hydrogen (secondary N) is 4. The first-order chi connectivity index (χ1) is 67.6. The molecule has 0 bridgehead atoms. The minimum Gasteiger partial charge on any atom is -0.322 e. The number of hydrogen-bond acceptors (Lipinski definition) is 19. The smallest absolute Gasteiger partial charge is 0.258 e. The van der Waals surface area contributed by atoms with Gasteiger partial charge in [0.1, 0.15) is 11.6 Å². The second-order valence-corrected chi connectivity index (χ2v) is 42.6. The molecule has 4 aliphatic rings. The number of carbonyl (C=O) groups excluding carboxylic acids is 4. The highest BCUT2D eigenvalue weighted by Crippen LogP contribution is 2.38. The van der Waals surface area contributed by atoms with Crippen molar-refractivity contribution in [1.82, 2.24) is 34.9 Å². The van der Waals surface area contributed by atoms with Gasteiger partial charge in [0.25, 0.3) is 23.6 Å². The largest absolute Gasteiger partial charge is 0.322 e. The highest BCUT2D eigenvalue weighted by atomic mass is 35.5. The van der Waals surface area contributed by atoms with Gasteiger partial charge in [-0.1, -0.05) is 97.4 Å². The summed E-state index contributed by atoms with van der Waals surface area (Å²) < 4.78 is 136. The molecule has 11 heterocycles. The van der Waals surface area contributed by atoms with Crippen LogP contribution in [0.25, 0.3) is 88.6 Å². The Morgan fingerprint density at radius 3 is 1.31 bits per heavy atom. The number of anilines is 8. The Morgan fingerprint density at radius 1 is 0.307 bits per heavy atom. The Bertz CT molecular complexity index is 7880. The van der Waals surface area contributed by atoms with E-state index in [1.165, 1.54) is 41.5 Å². The lowest BCUT2D eigenvalue weighted by atomic mass is 10.0.